The van der Waals surface area contributed by atoms with Crippen LogP contribution in [0.5, 0.6) is 0 Å². The van der Waals surface area contributed by atoms with Gasteiger partial charge in [-0.25, -0.2) is 0 Å². The van der Waals surface area contributed by atoms with Gasteiger partial charge in [-0.05, 0) is 36.6 Å². The summed E-state index contributed by atoms with van der Waals surface area (Å²) in [5, 5.41) is 0. The topological polar surface area (TPSA) is 63.4 Å². The second-order valence-corrected chi connectivity index (χ2v) is 6.14. The number of hydrogen-bond donors (Lipinski definition) is 1. The number of benzene rings is 1. The molecule has 20 heavy (non-hydrogen) atoms. The standard InChI is InChI=1S/C15H19BrN2O2/c1-3-4-11-8-13(15(17)20)12-7-10(16)5-6-14(12)18(11)9(2)19/h5-7,11,13H,3-4,8H2,1-2H3,(H2,17,20). The van der Waals surface area contributed by atoms with Crippen LogP contribution in [0, 0.1) is 0 Å². The maximum atomic E-state index is 12.0. The van der Waals surface area contributed by atoms with Crippen LogP contribution in [0.25, 0.3) is 0 Å². The van der Waals surface area contributed by atoms with Crippen LogP contribution >= 0.6 is 15.9 Å². The van der Waals surface area contributed by atoms with Crippen LogP contribution in [0.2, 0.25) is 0 Å². The molecule has 0 radical (unpaired) electrons. The first-order chi connectivity index (χ1) is 9.45. The van der Waals surface area contributed by atoms with Crippen LogP contribution in [0.4, 0.5) is 5.69 Å². The van der Waals surface area contributed by atoms with E-state index < -0.39 is 0 Å². The zero-order valence-electron chi connectivity index (χ0n) is 11.7. The third kappa shape index (κ3) is 2.73. The molecule has 1 heterocycles. The molecule has 0 saturated carbocycles. The third-order valence-electron chi connectivity index (χ3n) is 3.80. The number of nitrogens with two attached hydrogens (primary N) is 1. The molecular formula is C15H19BrN2O2. The van der Waals surface area contributed by atoms with Crippen molar-refractivity contribution in [1.29, 1.82) is 0 Å². The fourth-order valence-corrected chi connectivity index (χ4v) is 3.38. The Morgan fingerprint density at radius 2 is 2.15 bits per heavy atom. The van der Waals surface area contributed by atoms with Crippen molar-refractivity contribution in [3.63, 3.8) is 0 Å². The Morgan fingerprint density at radius 3 is 2.70 bits per heavy atom. The molecular weight excluding hydrogens is 320 g/mol. The van der Waals surface area contributed by atoms with Crippen molar-refractivity contribution in [2.75, 3.05) is 4.90 Å². The zero-order valence-corrected chi connectivity index (χ0v) is 13.3. The van der Waals surface area contributed by atoms with E-state index >= 15 is 0 Å². The number of anilines is 1. The van der Waals surface area contributed by atoms with Gasteiger partial charge in [-0.1, -0.05) is 29.3 Å². The largest absolute Gasteiger partial charge is 0.369 e. The number of carbonyl (C=O) groups is 2. The molecule has 5 heteroatoms. The predicted octanol–water partition coefficient (Wildman–Crippen LogP) is 2.94. The summed E-state index contributed by atoms with van der Waals surface area (Å²) in [7, 11) is 0. The van der Waals surface area contributed by atoms with Gasteiger partial charge in [0.15, 0.2) is 0 Å². The molecule has 2 unspecified atom stereocenters. The molecule has 2 atom stereocenters. The fraction of sp³-hybridized carbons (Fsp3) is 0.467. The molecule has 4 nitrogen and oxygen atoms in total. The average Bonchev–Trinajstić information content (AvgIpc) is 2.37. The lowest BCUT2D eigenvalue weighted by Crippen LogP contribution is -2.45. The molecule has 108 valence electrons. The van der Waals surface area contributed by atoms with Crippen LogP contribution in [0.15, 0.2) is 22.7 Å². The molecule has 2 amide bonds. The Balaban J connectivity index is 2.55. The van der Waals surface area contributed by atoms with E-state index in [1.165, 1.54) is 0 Å². The SMILES string of the molecule is CCCC1CC(C(N)=O)c2cc(Br)ccc2N1C(C)=O. The molecule has 0 spiro atoms. The first-order valence-electron chi connectivity index (χ1n) is 6.84. The number of primary amides is 1. The summed E-state index contributed by atoms with van der Waals surface area (Å²) in [4.78, 5) is 25.6. The van der Waals surface area contributed by atoms with Gasteiger partial charge in [0, 0.05) is 23.1 Å². The summed E-state index contributed by atoms with van der Waals surface area (Å²) < 4.78 is 0.889. The van der Waals surface area contributed by atoms with E-state index in [0.29, 0.717) is 6.42 Å². The molecule has 1 aromatic rings. The summed E-state index contributed by atoms with van der Waals surface area (Å²) in [6.45, 7) is 3.65. The van der Waals surface area contributed by atoms with Crippen molar-refractivity contribution in [3.8, 4) is 0 Å². The highest BCUT2D eigenvalue weighted by molar-refractivity contribution is 9.10. The molecule has 1 aliphatic heterocycles. The molecule has 0 bridgehead atoms. The smallest absolute Gasteiger partial charge is 0.225 e. The van der Waals surface area contributed by atoms with Crippen LogP contribution in [0.1, 0.15) is 44.6 Å². The number of carbonyl (C=O) groups excluding carboxylic acids is 2. The van der Waals surface area contributed by atoms with Crippen molar-refractivity contribution in [3.05, 3.63) is 28.2 Å². The van der Waals surface area contributed by atoms with Gasteiger partial charge < -0.3 is 10.6 Å². The lowest BCUT2D eigenvalue weighted by molar-refractivity contribution is -0.121. The van der Waals surface area contributed by atoms with Crippen LogP contribution in [-0.2, 0) is 9.59 Å². The van der Waals surface area contributed by atoms with E-state index in [1.54, 1.807) is 6.92 Å². The average molecular weight is 339 g/mol. The molecule has 0 aromatic heterocycles. The second-order valence-electron chi connectivity index (χ2n) is 5.23. The van der Waals surface area contributed by atoms with Crippen LogP contribution < -0.4 is 10.6 Å². The summed E-state index contributed by atoms with van der Waals surface area (Å²) in [6, 6.07) is 5.71. The van der Waals surface area contributed by atoms with Gasteiger partial charge in [0.2, 0.25) is 11.8 Å². The highest BCUT2D eigenvalue weighted by Gasteiger charge is 2.36. The molecule has 2 rings (SSSR count). The minimum absolute atomic E-state index is 0.00921. The van der Waals surface area contributed by atoms with E-state index in [-0.39, 0.29) is 23.8 Å². The summed E-state index contributed by atoms with van der Waals surface area (Å²) in [6.07, 6.45) is 2.44. The highest BCUT2D eigenvalue weighted by atomic mass is 79.9. The Kier molecular flexibility index (Phi) is 4.48. The highest BCUT2D eigenvalue weighted by Crippen LogP contribution is 2.41. The third-order valence-corrected chi connectivity index (χ3v) is 4.30. The first-order valence-corrected chi connectivity index (χ1v) is 7.63. The van der Waals surface area contributed by atoms with Gasteiger partial charge >= 0.3 is 0 Å². The van der Waals surface area contributed by atoms with Crippen LogP contribution in [-0.4, -0.2) is 17.9 Å². The van der Waals surface area contributed by atoms with Gasteiger partial charge in [-0.3, -0.25) is 9.59 Å². The Morgan fingerprint density at radius 1 is 1.45 bits per heavy atom. The quantitative estimate of drug-likeness (QED) is 0.920. The van der Waals surface area contributed by atoms with E-state index in [9.17, 15) is 9.59 Å². The van der Waals surface area contributed by atoms with Gasteiger partial charge in [-0.2, -0.15) is 0 Å². The predicted molar refractivity (Wildman–Crippen MR) is 82.6 cm³/mol. The Bertz CT molecular complexity index is 545. The summed E-state index contributed by atoms with van der Waals surface area (Å²) in [5.41, 5.74) is 7.21. The minimum atomic E-state index is -0.325. The molecule has 1 aliphatic rings. The van der Waals surface area contributed by atoms with Crippen molar-refractivity contribution >= 4 is 33.4 Å². The van der Waals surface area contributed by atoms with Crippen molar-refractivity contribution in [2.45, 2.75) is 45.1 Å². The van der Waals surface area contributed by atoms with E-state index in [1.807, 2.05) is 23.1 Å². The van der Waals surface area contributed by atoms with Gasteiger partial charge in [0.25, 0.3) is 0 Å². The van der Waals surface area contributed by atoms with E-state index in [2.05, 4.69) is 22.9 Å². The number of hydrogen-bond acceptors (Lipinski definition) is 2. The van der Waals surface area contributed by atoms with E-state index in [0.717, 1.165) is 28.6 Å². The minimum Gasteiger partial charge on any atom is -0.369 e. The number of nitrogens with zero attached hydrogens (tertiary/aromatic N) is 1. The number of amides is 2. The maximum absolute atomic E-state index is 12.0. The van der Waals surface area contributed by atoms with Crippen molar-refractivity contribution in [2.24, 2.45) is 5.73 Å². The molecule has 2 N–H and O–H groups in total. The Hall–Kier alpha value is -1.36. The van der Waals surface area contributed by atoms with Gasteiger partial charge in [0.05, 0.1) is 5.92 Å². The molecule has 1 aromatic carbocycles. The molecule has 0 saturated heterocycles. The van der Waals surface area contributed by atoms with E-state index in [4.69, 9.17) is 5.73 Å². The summed E-state index contributed by atoms with van der Waals surface area (Å²) >= 11 is 3.41. The van der Waals surface area contributed by atoms with Crippen molar-refractivity contribution in [1.82, 2.24) is 0 Å². The first kappa shape index (κ1) is 15.0. The second kappa shape index (κ2) is 5.95. The maximum Gasteiger partial charge on any atom is 0.225 e. The lowest BCUT2D eigenvalue weighted by atomic mass is 9.83. The molecule has 0 fully saturated rings. The fourth-order valence-electron chi connectivity index (χ4n) is 3.00. The number of halogens is 1. The lowest BCUT2D eigenvalue weighted by Gasteiger charge is -2.39. The normalized spacial score (nSPS) is 21.4. The van der Waals surface area contributed by atoms with Crippen LogP contribution in [0.3, 0.4) is 0 Å². The Labute approximate surface area is 127 Å². The van der Waals surface area contributed by atoms with Crippen molar-refractivity contribution < 1.29 is 9.59 Å². The molecule has 0 aliphatic carbocycles. The van der Waals surface area contributed by atoms with Gasteiger partial charge in [-0.15, -0.1) is 0 Å². The number of fused-ring (bicyclic) bond motifs is 1. The summed E-state index contributed by atoms with van der Waals surface area (Å²) in [5.74, 6) is -0.641. The van der Waals surface area contributed by atoms with Gasteiger partial charge in [0.1, 0.15) is 0 Å². The zero-order chi connectivity index (χ0) is 14.9. The number of rotatable bonds is 3. The monoisotopic (exact) mass is 338 g/mol.